The third-order valence-electron chi connectivity index (χ3n) is 5.95. The van der Waals surface area contributed by atoms with Crippen molar-refractivity contribution in [2.45, 2.75) is 19.4 Å². The van der Waals surface area contributed by atoms with Crippen LogP contribution in [0, 0.1) is 11.3 Å². The molecule has 5 heteroatoms. The molecule has 0 aliphatic carbocycles. The number of para-hydroxylation sites is 1. The Balaban J connectivity index is 1.50. The van der Waals surface area contributed by atoms with Gasteiger partial charge in [0.15, 0.2) is 5.11 Å². The maximum Gasteiger partial charge on any atom is 0.171 e. The first-order valence-electron chi connectivity index (χ1n) is 8.76. The van der Waals surface area contributed by atoms with Crippen molar-refractivity contribution >= 4 is 23.0 Å². The zero-order valence-electron chi connectivity index (χ0n) is 13.8. The maximum atomic E-state index is 5.62. The Hall–Kier alpha value is -1.17. The van der Waals surface area contributed by atoms with Gasteiger partial charge in [0.1, 0.15) is 0 Å². The second kappa shape index (κ2) is 6.04. The first-order valence-corrected chi connectivity index (χ1v) is 9.17. The highest BCUT2D eigenvalue weighted by molar-refractivity contribution is 7.80. The quantitative estimate of drug-likeness (QED) is 0.828. The van der Waals surface area contributed by atoms with Crippen LogP contribution in [-0.4, -0.2) is 60.2 Å². The fourth-order valence-electron chi connectivity index (χ4n) is 4.87. The third kappa shape index (κ3) is 2.86. The molecule has 4 heterocycles. The van der Waals surface area contributed by atoms with Crippen molar-refractivity contribution in [2.24, 2.45) is 11.3 Å². The van der Waals surface area contributed by atoms with Gasteiger partial charge in [-0.1, -0.05) is 25.1 Å². The van der Waals surface area contributed by atoms with Crippen molar-refractivity contribution in [2.75, 3.05) is 44.6 Å². The number of piperidine rings is 2. The molecule has 4 aliphatic heterocycles. The topological polar surface area (TPSA) is 30.5 Å². The van der Waals surface area contributed by atoms with Crippen LogP contribution < -0.4 is 10.6 Å². The lowest BCUT2D eigenvalue weighted by atomic mass is 9.66. The number of hydrogen-bond acceptors (Lipinski definition) is 3. The lowest BCUT2D eigenvalue weighted by Gasteiger charge is -2.55. The van der Waals surface area contributed by atoms with E-state index in [1.807, 2.05) is 18.2 Å². The van der Waals surface area contributed by atoms with Gasteiger partial charge in [-0.2, -0.15) is 0 Å². The minimum atomic E-state index is 0.333. The van der Waals surface area contributed by atoms with Crippen molar-refractivity contribution in [1.82, 2.24) is 15.1 Å². The van der Waals surface area contributed by atoms with Crippen molar-refractivity contribution < 1.29 is 0 Å². The van der Waals surface area contributed by atoms with E-state index in [0.29, 0.717) is 17.4 Å². The third-order valence-corrected chi connectivity index (χ3v) is 6.17. The summed E-state index contributed by atoms with van der Waals surface area (Å²) in [6.45, 7) is 9.66. The molecule has 124 valence electrons. The van der Waals surface area contributed by atoms with E-state index < -0.39 is 0 Å². The summed E-state index contributed by atoms with van der Waals surface area (Å²) in [7, 11) is 0. The first-order chi connectivity index (χ1) is 11.2. The molecule has 4 saturated heterocycles. The van der Waals surface area contributed by atoms with Crippen molar-refractivity contribution in [1.29, 1.82) is 0 Å². The molecular weight excluding hydrogens is 304 g/mol. The van der Waals surface area contributed by atoms with Gasteiger partial charge in [0.05, 0.1) is 0 Å². The van der Waals surface area contributed by atoms with E-state index in [-0.39, 0.29) is 0 Å². The predicted molar refractivity (Wildman–Crippen MR) is 98.7 cm³/mol. The van der Waals surface area contributed by atoms with E-state index in [2.05, 4.69) is 39.5 Å². The van der Waals surface area contributed by atoms with Crippen LogP contribution in [0.25, 0.3) is 0 Å². The van der Waals surface area contributed by atoms with E-state index in [0.717, 1.165) is 10.8 Å². The molecule has 4 nitrogen and oxygen atoms in total. The molecule has 4 bridgehead atoms. The molecule has 0 saturated carbocycles. The molecule has 4 fully saturated rings. The Morgan fingerprint density at radius 2 is 1.83 bits per heavy atom. The predicted octanol–water partition coefficient (Wildman–Crippen LogP) is 2.00. The van der Waals surface area contributed by atoms with Gasteiger partial charge in [-0.15, -0.1) is 0 Å². The molecule has 0 aromatic heterocycles. The Morgan fingerprint density at radius 3 is 2.43 bits per heavy atom. The molecule has 23 heavy (non-hydrogen) atoms. The van der Waals surface area contributed by atoms with Crippen LogP contribution in [0.2, 0.25) is 0 Å². The van der Waals surface area contributed by atoms with Gasteiger partial charge in [-0.3, -0.25) is 0 Å². The summed E-state index contributed by atoms with van der Waals surface area (Å²) in [6.07, 6.45) is 1.21. The Kier molecular flexibility index (Phi) is 4.03. The number of nitrogens with one attached hydrogen (secondary N) is 2. The lowest BCUT2D eigenvalue weighted by Crippen LogP contribution is -2.68. The van der Waals surface area contributed by atoms with Crippen LogP contribution in [0.15, 0.2) is 30.3 Å². The monoisotopic (exact) mass is 330 g/mol. The molecule has 1 aromatic carbocycles. The number of benzene rings is 1. The van der Waals surface area contributed by atoms with Crippen LogP contribution in [0.1, 0.15) is 13.3 Å². The smallest absolute Gasteiger partial charge is 0.171 e. The molecule has 0 radical (unpaired) electrons. The second-order valence-corrected chi connectivity index (χ2v) is 7.80. The Bertz CT molecular complexity index is 560. The summed E-state index contributed by atoms with van der Waals surface area (Å²) < 4.78 is 0. The van der Waals surface area contributed by atoms with Gasteiger partial charge in [0.2, 0.25) is 0 Å². The average Bonchev–Trinajstić information content (AvgIpc) is 2.80. The van der Waals surface area contributed by atoms with Gasteiger partial charge in [0.25, 0.3) is 0 Å². The summed E-state index contributed by atoms with van der Waals surface area (Å²) in [5.74, 6) is 0.676. The highest BCUT2D eigenvalue weighted by atomic mass is 32.1. The number of thiocarbonyl (C=S) groups is 1. The van der Waals surface area contributed by atoms with E-state index in [9.17, 15) is 0 Å². The Labute approximate surface area is 144 Å². The van der Waals surface area contributed by atoms with Crippen LogP contribution in [-0.2, 0) is 0 Å². The summed E-state index contributed by atoms with van der Waals surface area (Å²) in [6, 6.07) is 10.7. The fourth-order valence-corrected chi connectivity index (χ4v) is 5.11. The molecular formula is C18H26N4S. The van der Waals surface area contributed by atoms with E-state index >= 15 is 0 Å². The zero-order valence-corrected chi connectivity index (χ0v) is 14.6. The molecule has 0 spiro atoms. The normalized spacial score (nSPS) is 38.1. The minimum Gasteiger partial charge on any atom is -0.359 e. The summed E-state index contributed by atoms with van der Waals surface area (Å²) in [5, 5.41) is 7.82. The summed E-state index contributed by atoms with van der Waals surface area (Å²) in [4.78, 5) is 5.35. The van der Waals surface area contributed by atoms with Gasteiger partial charge in [-0.05, 0) is 30.8 Å². The van der Waals surface area contributed by atoms with E-state index in [4.69, 9.17) is 12.2 Å². The lowest BCUT2D eigenvalue weighted by molar-refractivity contribution is -0.0268. The molecule has 2 N–H and O–H groups in total. The molecule has 5 rings (SSSR count). The number of fused-ring (bicyclic) bond motifs is 1. The number of hydrogen-bond donors (Lipinski definition) is 2. The maximum absolute atomic E-state index is 5.62. The summed E-state index contributed by atoms with van der Waals surface area (Å²) in [5.41, 5.74) is 1.39. The molecule has 1 aromatic rings. The minimum absolute atomic E-state index is 0.333. The Morgan fingerprint density at radius 1 is 1.17 bits per heavy atom. The van der Waals surface area contributed by atoms with Crippen LogP contribution in [0.3, 0.4) is 0 Å². The molecule has 3 unspecified atom stereocenters. The van der Waals surface area contributed by atoms with Crippen molar-refractivity contribution in [3.8, 4) is 0 Å². The van der Waals surface area contributed by atoms with Crippen LogP contribution in [0.5, 0.6) is 0 Å². The van der Waals surface area contributed by atoms with Gasteiger partial charge in [0, 0.05) is 62.3 Å². The van der Waals surface area contributed by atoms with Gasteiger partial charge in [-0.25, -0.2) is 0 Å². The van der Waals surface area contributed by atoms with Crippen molar-refractivity contribution in [3.05, 3.63) is 30.3 Å². The average molecular weight is 331 g/mol. The second-order valence-electron chi connectivity index (χ2n) is 7.39. The zero-order chi connectivity index (χ0) is 15.9. The van der Waals surface area contributed by atoms with Gasteiger partial charge < -0.3 is 20.4 Å². The fraction of sp³-hybridized carbons (Fsp3) is 0.611. The van der Waals surface area contributed by atoms with Crippen LogP contribution >= 0.6 is 12.2 Å². The van der Waals surface area contributed by atoms with Crippen LogP contribution in [0.4, 0.5) is 5.69 Å². The van der Waals surface area contributed by atoms with Gasteiger partial charge >= 0.3 is 0 Å². The number of anilines is 1. The van der Waals surface area contributed by atoms with Crippen molar-refractivity contribution in [3.63, 3.8) is 0 Å². The highest BCUT2D eigenvalue weighted by Gasteiger charge is 2.53. The van der Waals surface area contributed by atoms with E-state index in [1.165, 1.54) is 45.7 Å². The molecule has 3 atom stereocenters. The molecule has 0 amide bonds. The standard InChI is InChI=1S/C18H26N4S/c1-2-18-12-21-8-9-22(13-18)11-14(10-21)16(18)20-17(23)19-15-6-4-3-5-7-15/h3-7,14,16H,2,8-13H2,1H3,(H2,19,20,23). The molecule has 4 aliphatic rings. The summed E-state index contributed by atoms with van der Waals surface area (Å²) >= 11 is 5.62. The van der Waals surface area contributed by atoms with E-state index in [1.54, 1.807) is 0 Å². The first kappa shape index (κ1) is 15.4. The SMILES string of the molecule is CCC12CN3CCN(CC(C3)C1NC(=S)Nc1ccccc1)C2. The number of rotatable bonds is 3. The largest absolute Gasteiger partial charge is 0.359 e. The highest BCUT2D eigenvalue weighted by Crippen LogP contribution is 2.43. The number of nitrogens with zero attached hydrogens (tertiary/aromatic N) is 2.